The van der Waals surface area contributed by atoms with Gasteiger partial charge in [0.05, 0.1) is 6.10 Å². The minimum Gasteiger partial charge on any atom is -0.480 e. The molecule has 2 N–H and O–H groups in total. The van der Waals surface area contributed by atoms with Crippen molar-refractivity contribution < 1.29 is 19.4 Å². The van der Waals surface area contributed by atoms with Crippen molar-refractivity contribution in [2.75, 3.05) is 24.6 Å². The number of ether oxygens (including phenoxy) is 1. The number of anilines is 1. The number of urea groups is 1. The lowest BCUT2D eigenvalue weighted by molar-refractivity contribution is -0.135. The quantitative estimate of drug-likeness (QED) is 0.854. The van der Waals surface area contributed by atoms with Crippen LogP contribution in [0.5, 0.6) is 0 Å². The summed E-state index contributed by atoms with van der Waals surface area (Å²) in [6.45, 7) is 0.751. The number of rotatable bonds is 5. The Bertz CT molecular complexity index is 458. The van der Waals surface area contributed by atoms with Crippen molar-refractivity contribution in [3.05, 3.63) is 30.3 Å². The summed E-state index contributed by atoms with van der Waals surface area (Å²) in [5.74, 6) is -1.05. The molecule has 20 heavy (non-hydrogen) atoms. The molecular weight excluding hydrogens is 260 g/mol. The fraction of sp³-hybridized carbons (Fsp3) is 0.429. The highest BCUT2D eigenvalue weighted by Crippen LogP contribution is 2.14. The predicted octanol–water partition coefficient (Wildman–Crippen LogP) is 1.47. The highest BCUT2D eigenvalue weighted by molar-refractivity contribution is 5.96. The van der Waals surface area contributed by atoms with Gasteiger partial charge in [0.1, 0.15) is 6.54 Å². The molecule has 0 aliphatic carbocycles. The van der Waals surface area contributed by atoms with E-state index < -0.39 is 12.0 Å². The Balaban J connectivity index is 1.98. The lowest BCUT2D eigenvalue weighted by Crippen LogP contribution is -2.45. The Morgan fingerprint density at radius 3 is 2.70 bits per heavy atom. The summed E-state index contributed by atoms with van der Waals surface area (Å²) in [5, 5.41) is 11.7. The third-order valence-corrected chi connectivity index (χ3v) is 3.11. The van der Waals surface area contributed by atoms with Crippen molar-refractivity contribution in [3.63, 3.8) is 0 Å². The Morgan fingerprint density at radius 2 is 2.10 bits per heavy atom. The number of hydrogen-bond donors (Lipinski definition) is 2. The molecule has 1 atom stereocenters. The number of carboxylic acid groups (broad SMARTS) is 1. The normalized spacial score (nSPS) is 17.7. The van der Waals surface area contributed by atoms with Crippen molar-refractivity contribution >= 4 is 17.7 Å². The van der Waals surface area contributed by atoms with Crippen LogP contribution < -0.4 is 10.2 Å². The zero-order valence-corrected chi connectivity index (χ0v) is 11.1. The van der Waals surface area contributed by atoms with Gasteiger partial charge in [-0.15, -0.1) is 0 Å². The second kappa shape index (κ2) is 6.91. The number of carboxylic acids is 1. The Kier molecular flexibility index (Phi) is 4.95. The maximum atomic E-state index is 12.1. The molecule has 0 saturated carbocycles. The van der Waals surface area contributed by atoms with Crippen LogP contribution in [-0.4, -0.2) is 42.9 Å². The topological polar surface area (TPSA) is 78.9 Å². The molecule has 1 aromatic carbocycles. The Labute approximate surface area is 117 Å². The first kappa shape index (κ1) is 14.3. The van der Waals surface area contributed by atoms with Crippen molar-refractivity contribution in [2.45, 2.75) is 18.9 Å². The van der Waals surface area contributed by atoms with Gasteiger partial charge >= 0.3 is 12.0 Å². The van der Waals surface area contributed by atoms with Crippen LogP contribution in [0.1, 0.15) is 12.8 Å². The lowest BCUT2D eigenvalue weighted by atomic mass is 10.2. The molecule has 1 saturated heterocycles. The summed E-state index contributed by atoms with van der Waals surface area (Å²) in [6, 6.07) is 8.32. The van der Waals surface area contributed by atoms with Gasteiger partial charge in [0.2, 0.25) is 0 Å². The zero-order chi connectivity index (χ0) is 14.4. The first-order valence-corrected chi connectivity index (χ1v) is 6.60. The minimum absolute atomic E-state index is 0.0291. The van der Waals surface area contributed by atoms with Gasteiger partial charge in [-0.25, -0.2) is 4.79 Å². The SMILES string of the molecule is O=C(O)CN(C(=O)NCC1CCCO1)c1ccccc1. The summed E-state index contributed by atoms with van der Waals surface area (Å²) < 4.78 is 5.42. The fourth-order valence-electron chi connectivity index (χ4n) is 2.13. The number of para-hydroxylation sites is 1. The molecule has 1 aromatic rings. The van der Waals surface area contributed by atoms with Crippen molar-refractivity contribution in [2.24, 2.45) is 0 Å². The van der Waals surface area contributed by atoms with Gasteiger partial charge in [-0.1, -0.05) is 18.2 Å². The zero-order valence-electron chi connectivity index (χ0n) is 11.1. The third kappa shape index (κ3) is 3.96. The van der Waals surface area contributed by atoms with Gasteiger partial charge in [-0.2, -0.15) is 0 Å². The number of nitrogens with zero attached hydrogens (tertiary/aromatic N) is 1. The van der Waals surface area contributed by atoms with E-state index in [1.54, 1.807) is 24.3 Å². The summed E-state index contributed by atoms with van der Waals surface area (Å²) in [4.78, 5) is 24.2. The lowest BCUT2D eigenvalue weighted by Gasteiger charge is -2.22. The molecule has 0 bridgehead atoms. The van der Waals surface area contributed by atoms with Gasteiger partial charge in [0.15, 0.2) is 0 Å². The second-order valence-electron chi connectivity index (χ2n) is 4.64. The summed E-state index contributed by atoms with van der Waals surface area (Å²) in [6.07, 6.45) is 1.95. The number of amides is 2. The van der Waals surface area contributed by atoms with E-state index in [1.807, 2.05) is 6.07 Å². The van der Waals surface area contributed by atoms with E-state index in [-0.39, 0.29) is 12.6 Å². The molecule has 0 aromatic heterocycles. The maximum absolute atomic E-state index is 12.1. The molecule has 1 unspecified atom stereocenters. The van der Waals surface area contributed by atoms with Gasteiger partial charge in [-0.3, -0.25) is 9.69 Å². The minimum atomic E-state index is -1.05. The average Bonchev–Trinajstić information content (AvgIpc) is 2.96. The predicted molar refractivity (Wildman–Crippen MR) is 73.8 cm³/mol. The molecule has 0 radical (unpaired) electrons. The van der Waals surface area contributed by atoms with E-state index >= 15 is 0 Å². The monoisotopic (exact) mass is 278 g/mol. The van der Waals surface area contributed by atoms with E-state index in [2.05, 4.69) is 5.32 Å². The summed E-state index contributed by atoms with van der Waals surface area (Å²) in [5.41, 5.74) is 0.555. The molecule has 6 nitrogen and oxygen atoms in total. The highest BCUT2D eigenvalue weighted by Gasteiger charge is 2.21. The van der Waals surface area contributed by atoms with E-state index in [1.165, 1.54) is 4.90 Å². The van der Waals surface area contributed by atoms with E-state index in [0.29, 0.717) is 12.2 Å². The molecule has 2 rings (SSSR count). The van der Waals surface area contributed by atoms with Gasteiger partial charge in [0, 0.05) is 18.8 Å². The summed E-state index contributed by atoms with van der Waals surface area (Å²) in [7, 11) is 0. The van der Waals surface area contributed by atoms with Crippen LogP contribution in [-0.2, 0) is 9.53 Å². The van der Waals surface area contributed by atoms with Crippen molar-refractivity contribution in [3.8, 4) is 0 Å². The van der Waals surface area contributed by atoms with Crippen LogP contribution in [0.25, 0.3) is 0 Å². The van der Waals surface area contributed by atoms with Crippen molar-refractivity contribution in [1.82, 2.24) is 5.32 Å². The van der Waals surface area contributed by atoms with Crippen LogP contribution in [0, 0.1) is 0 Å². The first-order chi connectivity index (χ1) is 9.66. The molecule has 1 heterocycles. The standard InChI is InChI=1S/C14H18N2O4/c17-13(18)10-16(11-5-2-1-3-6-11)14(19)15-9-12-7-4-8-20-12/h1-3,5-6,12H,4,7-10H2,(H,15,19)(H,17,18). The number of carbonyl (C=O) groups excluding carboxylic acids is 1. The van der Waals surface area contributed by atoms with Gasteiger partial charge in [0.25, 0.3) is 0 Å². The summed E-state index contributed by atoms with van der Waals surface area (Å²) >= 11 is 0. The molecule has 2 amide bonds. The van der Waals surface area contributed by atoms with E-state index in [9.17, 15) is 9.59 Å². The molecule has 108 valence electrons. The van der Waals surface area contributed by atoms with Gasteiger partial charge < -0.3 is 15.2 Å². The number of nitrogens with one attached hydrogen (secondary N) is 1. The number of hydrogen-bond acceptors (Lipinski definition) is 3. The largest absolute Gasteiger partial charge is 0.480 e. The van der Waals surface area contributed by atoms with Crippen molar-refractivity contribution in [1.29, 1.82) is 0 Å². The molecule has 0 spiro atoms. The van der Waals surface area contributed by atoms with Crippen LogP contribution in [0.4, 0.5) is 10.5 Å². The van der Waals surface area contributed by atoms with Crippen LogP contribution in [0.15, 0.2) is 30.3 Å². The molecule has 1 aliphatic heterocycles. The third-order valence-electron chi connectivity index (χ3n) is 3.11. The number of benzene rings is 1. The van der Waals surface area contributed by atoms with E-state index in [0.717, 1.165) is 19.4 Å². The Hall–Kier alpha value is -2.08. The van der Waals surface area contributed by atoms with Gasteiger partial charge in [-0.05, 0) is 25.0 Å². The van der Waals surface area contributed by atoms with Crippen LogP contribution >= 0.6 is 0 Å². The van der Waals surface area contributed by atoms with Crippen LogP contribution in [0.3, 0.4) is 0 Å². The van der Waals surface area contributed by atoms with Crippen LogP contribution in [0.2, 0.25) is 0 Å². The number of carbonyl (C=O) groups is 2. The first-order valence-electron chi connectivity index (χ1n) is 6.60. The Morgan fingerprint density at radius 1 is 1.35 bits per heavy atom. The highest BCUT2D eigenvalue weighted by atomic mass is 16.5. The second-order valence-corrected chi connectivity index (χ2v) is 4.64. The molecule has 6 heteroatoms. The maximum Gasteiger partial charge on any atom is 0.323 e. The molecule has 1 aliphatic rings. The molecule has 1 fully saturated rings. The molecular formula is C14H18N2O4. The fourth-order valence-corrected chi connectivity index (χ4v) is 2.13. The average molecular weight is 278 g/mol. The number of aliphatic carboxylic acids is 1. The van der Waals surface area contributed by atoms with E-state index in [4.69, 9.17) is 9.84 Å². The smallest absolute Gasteiger partial charge is 0.323 e.